The van der Waals surface area contributed by atoms with E-state index in [0.29, 0.717) is 6.54 Å². The van der Waals surface area contributed by atoms with Crippen molar-refractivity contribution in [3.63, 3.8) is 0 Å². The quantitative estimate of drug-likeness (QED) is 0.908. The fraction of sp³-hybridized carbons (Fsp3) is 0.562. The van der Waals surface area contributed by atoms with E-state index in [9.17, 15) is 4.79 Å². The molecule has 110 valence electrons. The van der Waals surface area contributed by atoms with E-state index in [1.165, 1.54) is 5.56 Å². The molecule has 0 spiro atoms. The first kappa shape index (κ1) is 15.0. The number of hydrogen-bond acceptors (Lipinski definition) is 3. The number of nitrogens with zero attached hydrogens (tertiary/aromatic N) is 2. The molecule has 1 N–H and O–H groups in total. The Balaban J connectivity index is 2.05. The zero-order valence-corrected chi connectivity index (χ0v) is 12.4. The molecule has 1 saturated heterocycles. The summed E-state index contributed by atoms with van der Waals surface area (Å²) in [4.78, 5) is 16.8. The number of hydrogen-bond donors (Lipinski definition) is 1. The van der Waals surface area contributed by atoms with Crippen LogP contribution in [-0.4, -0.2) is 60.1 Å². The molecule has 1 aliphatic heterocycles. The zero-order valence-electron chi connectivity index (χ0n) is 12.4. The lowest BCUT2D eigenvalue weighted by Gasteiger charge is -2.22. The molecule has 0 unspecified atom stereocenters. The van der Waals surface area contributed by atoms with Gasteiger partial charge in [0.25, 0.3) is 5.91 Å². The molecule has 2 rings (SSSR count). The highest BCUT2D eigenvalue weighted by Gasteiger charge is 2.21. The normalized spacial score (nSPS) is 17.1. The molecule has 0 aromatic heterocycles. The van der Waals surface area contributed by atoms with Gasteiger partial charge in [-0.15, -0.1) is 0 Å². The van der Waals surface area contributed by atoms with Crippen molar-refractivity contribution in [2.45, 2.75) is 20.3 Å². The maximum atomic E-state index is 12.6. The van der Waals surface area contributed by atoms with E-state index in [1.54, 1.807) is 0 Å². The molecule has 0 radical (unpaired) electrons. The summed E-state index contributed by atoms with van der Waals surface area (Å²) >= 11 is 0. The number of β-amino-alcohol motifs (C(OH)–C–C–N with tert-alkyl or cyclic N) is 1. The van der Waals surface area contributed by atoms with Crippen LogP contribution in [0.15, 0.2) is 18.2 Å². The Hall–Kier alpha value is -1.39. The largest absolute Gasteiger partial charge is 0.395 e. The second-order valence-corrected chi connectivity index (χ2v) is 5.53. The molecule has 1 heterocycles. The molecule has 0 atom stereocenters. The minimum Gasteiger partial charge on any atom is -0.395 e. The van der Waals surface area contributed by atoms with Crippen LogP contribution in [0, 0.1) is 13.8 Å². The number of rotatable bonds is 3. The van der Waals surface area contributed by atoms with Gasteiger partial charge in [0.05, 0.1) is 6.61 Å². The first-order chi connectivity index (χ1) is 9.61. The third kappa shape index (κ3) is 3.58. The van der Waals surface area contributed by atoms with Crippen molar-refractivity contribution in [1.82, 2.24) is 9.80 Å². The molecule has 0 aliphatic carbocycles. The van der Waals surface area contributed by atoms with Crippen molar-refractivity contribution in [3.05, 3.63) is 34.9 Å². The highest BCUT2D eigenvalue weighted by Crippen LogP contribution is 2.14. The summed E-state index contributed by atoms with van der Waals surface area (Å²) in [5.41, 5.74) is 3.04. The number of aryl methyl sites for hydroxylation is 2. The number of carbonyl (C=O) groups is 1. The van der Waals surface area contributed by atoms with Gasteiger partial charge in [-0.3, -0.25) is 9.69 Å². The molecular formula is C16H24N2O2. The van der Waals surface area contributed by atoms with Gasteiger partial charge in [-0.25, -0.2) is 0 Å². The van der Waals surface area contributed by atoms with Gasteiger partial charge in [0, 0.05) is 31.7 Å². The van der Waals surface area contributed by atoms with Crippen LogP contribution in [0.1, 0.15) is 27.9 Å². The predicted octanol–water partition coefficient (Wildman–Crippen LogP) is 1.44. The maximum Gasteiger partial charge on any atom is 0.254 e. The molecule has 1 aromatic carbocycles. The third-order valence-electron chi connectivity index (χ3n) is 3.90. The fourth-order valence-corrected chi connectivity index (χ4v) is 2.76. The van der Waals surface area contributed by atoms with Gasteiger partial charge in [0.15, 0.2) is 0 Å². The first-order valence-corrected chi connectivity index (χ1v) is 7.31. The van der Waals surface area contributed by atoms with Gasteiger partial charge in [-0.05, 0) is 38.4 Å². The molecule has 1 aliphatic rings. The monoisotopic (exact) mass is 276 g/mol. The Labute approximate surface area is 121 Å². The Morgan fingerprint density at radius 3 is 2.70 bits per heavy atom. The number of carbonyl (C=O) groups excluding carboxylic acids is 1. The average Bonchev–Trinajstić information content (AvgIpc) is 2.64. The van der Waals surface area contributed by atoms with Crippen molar-refractivity contribution in [2.24, 2.45) is 0 Å². The molecule has 1 fully saturated rings. The summed E-state index contributed by atoms with van der Waals surface area (Å²) < 4.78 is 0. The highest BCUT2D eigenvalue weighted by molar-refractivity contribution is 5.95. The Morgan fingerprint density at radius 2 is 2.00 bits per heavy atom. The van der Waals surface area contributed by atoms with Crippen LogP contribution in [0.4, 0.5) is 0 Å². The molecule has 20 heavy (non-hydrogen) atoms. The summed E-state index contributed by atoms with van der Waals surface area (Å²) in [5, 5.41) is 9.00. The minimum atomic E-state index is 0.133. The molecular weight excluding hydrogens is 252 g/mol. The first-order valence-electron chi connectivity index (χ1n) is 7.31. The van der Waals surface area contributed by atoms with Crippen LogP contribution in [0.5, 0.6) is 0 Å². The number of aliphatic hydroxyl groups excluding tert-OH is 1. The van der Waals surface area contributed by atoms with Crippen molar-refractivity contribution >= 4 is 5.91 Å². The second-order valence-electron chi connectivity index (χ2n) is 5.53. The number of aliphatic hydroxyl groups is 1. The summed E-state index contributed by atoms with van der Waals surface area (Å²) in [6, 6.07) is 5.99. The van der Waals surface area contributed by atoms with Crippen LogP contribution in [0.2, 0.25) is 0 Å². The van der Waals surface area contributed by atoms with Crippen LogP contribution in [0.3, 0.4) is 0 Å². The standard InChI is InChI=1S/C16H24N2O2/c1-13-4-5-15(14(2)12-13)16(20)18-7-3-6-17(8-9-18)10-11-19/h4-5,12,19H,3,6-11H2,1-2H3. The van der Waals surface area contributed by atoms with Gasteiger partial charge in [0.1, 0.15) is 0 Å². The van der Waals surface area contributed by atoms with E-state index >= 15 is 0 Å². The summed E-state index contributed by atoms with van der Waals surface area (Å²) in [6.45, 7) is 8.27. The second kappa shape index (κ2) is 6.86. The molecule has 4 nitrogen and oxygen atoms in total. The Kier molecular flexibility index (Phi) is 5.15. The molecule has 0 bridgehead atoms. The van der Waals surface area contributed by atoms with Crippen molar-refractivity contribution in [2.75, 3.05) is 39.3 Å². The van der Waals surface area contributed by atoms with Crippen LogP contribution >= 0.6 is 0 Å². The van der Waals surface area contributed by atoms with Gasteiger partial charge in [-0.2, -0.15) is 0 Å². The van der Waals surface area contributed by atoms with Crippen LogP contribution in [-0.2, 0) is 0 Å². The predicted molar refractivity (Wildman–Crippen MR) is 80.0 cm³/mol. The lowest BCUT2D eigenvalue weighted by atomic mass is 10.0. The van der Waals surface area contributed by atoms with Crippen molar-refractivity contribution < 1.29 is 9.90 Å². The van der Waals surface area contributed by atoms with E-state index in [4.69, 9.17) is 5.11 Å². The molecule has 4 heteroatoms. The topological polar surface area (TPSA) is 43.8 Å². The summed E-state index contributed by atoms with van der Waals surface area (Å²) in [6.07, 6.45) is 0.969. The maximum absolute atomic E-state index is 12.6. The third-order valence-corrected chi connectivity index (χ3v) is 3.90. The molecule has 1 amide bonds. The van der Waals surface area contributed by atoms with Crippen molar-refractivity contribution in [3.8, 4) is 0 Å². The smallest absolute Gasteiger partial charge is 0.254 e. The van der Waals surface area contributed by atoms with Crippen molar-refractivity contribution in [1.29, 1.82) is 0 Å². The van der Waals surface area contributed by atoms with E-state index in [2.05, 4.69) is 11.0 Å². The van der Waals surface area contributed by atoms with Crippen LogP contribution < -0.4 is 0 Å². The van der Waals surface area contributed by atoms with Gasteiger partial charge < -0.3 is 10.0 Å². The van der Waals surface area contributed by atoms with Gasteiger partial charge in [0.2, 0.25) is 0 Å². The summed E-state index contributed by atoms with van der Waals surface area (Å²) in [5.74, 6) is 0.133. The Bertz CT molecular complexity index is 474. The Morgan fingerprint density at radius 1 is 1.20 bits per heavy atom. The van der Waals surface area contributed by atoms with E-state index in [0.717, 1.165) is 43.7 Å². The summed E-state index contributed by atoms with van der Waals surface area (Å²) in [7, 11) is 0. The van der Waals surface area contributed by atoms with Gasteiger partial charge in [-0.1, -0.05) is 17.7 Å². The number of amides is 1. The fourth-order valence-electron chi connectivity index (χ4n) is 2.76. The van der Waals surface area contributed by atoms with E-state index in [1.807, 2.05) is 30.9 Å². The lowest BCUT2D eigenvalue weighted by Crippen LogP contribution is -2.36. The lowest BCUT2D eigenvalue weighted by molar-refractivity contribution is 0.0760. The minimum absolute atomic E-state index is 0.133. The van der Waals surface area contributed by atoms with Crippen LogP contribution in [0.25, 0.3) is 0 Å². The van der Waals surface area contributed by atoms with E-state index in [-0.39, 0.29) is 12.5 Å². The van der Waals surface area contributed by atoms with E-state index < -0.39 is 0 Å². The average molecular weight is 276 g/mol. The zero-order chi connectivity index (χ0) is 14.5. The SMILES string of the molecule is Cc1ccc(C(=O)N2CCCN(CCO)CC2)c(C)c1. The van der Waals surface area contributed by atoms with Gasteiger partial charge >= 0.3 is 0 Å². The molecule has 1 aromatic rings. The highest BCUT2D eigenvalue weighted by atomic mass is 16.3. The number of benzene rings is 1. The molecule has 0 saturated carbocycles.